The SMILES string of the molecule is COC(=O)[C@H]1CC(=C(F)F)[C@@H](C)C1. The van der Waals surface area contributed by atoms with E-state index < -0.39 is 6.08 Å². The lowest BCUT2D eigenvalue weighted by molar-refractivity contribution is -0.145. The van der Waals surface area contributed by atoms with Gasteiger partial charge in [0.2, 0.25) is 0 Å². The summed E-state index contributed by atoms with van der Waals surface area (Å²) in [5, 5.41) is 0. The van der Waals surface area contributed by atoms with Gasteiger partial charge < -0.3 is 4.74 Å². The van der Waals surface area contributed by atoms with Crippen LogP contribution in [0.1, 0.15) is 19.8 Å². The van der Waals surface area contributed by atoms with Crippen LogP contribution < -0.4 is 0 Å². The molecule has 0 amide bonds. The van der Waals surface area contributed by atoms with Gasteiger partial charge in [0.15, 0.2) is 0 Å². The van der Waals surface area contributed by atoms with Crippen LogP contribution in [0.5, 0.6) is 0 Å². The Morgan fingerprint density at radius 3 is 2.54 bits per heavy atom. The molecule has 2 nitrogen and oxygen atoms in total. The summed E-state index contributed by atoms with van der Waals surface area (Å²) >= 11 is 0. The molecule has 0 spiro atoms. The van der Waals surface area contributed by atoms with Crippen molar-refractivity contribution in [3.63, 3.8) is 0 Å². The van der Waals surface area contributed by atoms with Gasteiger partial charge in [0.05, 0.1) is 13.0 Å². The summed E-state index contributed by atoms with van der Waals surface area (Å²) in [4.78, 5) is 11.0. The van der Waals surface area contributed by atoms with E-state index in [1.165, 1.54) is 7.11 Å². The molecule has 0 aliphatic heterocycles. The number of allylic oxidation sites excluding steroid dienone is 1. The van der Waals surface area contributed by atoms with E-state index in [2.05, 4.69) is 4.74 Å². The fraction of sp³-hybridized carbons (Fsp3) is 0.667. The maximum absolute atomic E-state index is 12.3. The van der Waals surface area contributed by atoms with E-state index in [0.717, 1.165) is 0 Å². The number of hydrogen-bond donors (Lipinski definition) is 0. The molecule has 4 heteroatoms. The maximum atomic E-state index is 12.3. The lowest BCUT2D eigenvalue weighted by atomic mass is 10.1. The highest BCUT2D eigenvalue weighted by Gasteiger charge is 2.34. The summed E-state index contributed by atoms with van der Waals surface area (Å²) in [6.45, 7) is 1.71. The molecular formula is C9H12F2O2. The van der Waals surface area contributed by atoms with Gasteiger partial charge in [0.25, 0.3) is 6.08 Å². The number of carbonyl (C=O) groups excluding carboxylic acids is 1. The van der Waals surface area contributed by atoms with Gasteiger partial charge in [-0.15, -0.1) is 0 Å². The molecule has 0 heterocycles. The van der Waals surface area contributed by atoms with Crippen LogP contribution in [-0.2, 0) is 9.53 Å². The Morgan fingerprint density at radius 2 is 2.15 bits per heavy atom. The van der Waals surface area contributed by atoms with Crippen molar-refractivity contribution < 1.29 is 18.3 Å². The largest absolute Gasteiger partial charge is 0.469 e. The van der Waals surface area contributed by atoms with Crippen LogP contribution in [0.15, 0.2) is 11.7 Å². The zero-order valence-electron chi connectivity index (χ0n) is 7.64. The highest BCUT2D eigenvalue weighted by Crippen LogP contribution is 2.38. The maximum Gasteiger partial charge on any atom is 0.309 e. The van der Waals surface area contributed by atoms with E-state index in [1.807, 2.05) is 0 Å². The van der Waals surface area contributed by atoms with Gasteiger partial charge in [-0.2, -0.15) is 8.78 Å². The van der Waals surface area contributed by atoms with E-state index in [9.17, 15) is 13.6 Å². The lowest BCUT2D eigenvalue weighted by Crippen LogP contribution is -2.12. The van der Waals surface area contributed by atoms with Crippen molar-refractivity contribution in [3.05, 3.63) is 11.7 Å². The van der Waals surface area contributed by atoms with Crippen LogP contribution in [0.3, 0.4) is 0 Å². The van der Waals surface area contributed by atoms with Crippen molar-refractivity contribution in [3.8, 4) is 0 Å². The normalized spacial score (nSPS) is 27.5. The number of halogens is 2. The van der Waals surface area contributed by atoms with Crippen LogP contribution in [-0.4, -0.2) is 13.1 Å². The molecule has 74 valence electrons. The molecule has 1 rings (SSSR count). The molecule has 13 heavy (non-hydrogen) atoms. The molecule has 1 fully saturated rings. The average molecular weight is 190 g/mol. The number of esters is 1. The fourth-order valence-electron chi connectivity index (χ4n) is 1.73. The molecule has 0 aromatic rings. The Labute approximate surface area is 75.6 Å². The van der Waals surface area contributed by atoms with Gasteiger partial charge in [-0.1, -0.05) is 6.92 Å². The summed E-state index contributed by atoms with van der Waals surface area (Å²) in [6, 6.07) is 0. The van der Waals surface area contributed by atoms with Crippen LogP contribution in [0.2, 0.25) is 0 Å². The Kier molecular flexibility index (Phi) is 3.01. The third-order valence-electron chi connectivity index (χ3n) is 2.48. The number of carbonyl (C=O) groups is 1. The van der Waals surface area contributed by atoms with Gasteiger partial charge >= 0.3 is 5.97 Å². The second-order valence-electron chi connectivity index (χ2n) is 3.35. The first kappa shape index (κ1) is 10.2. The monoisotopic (exact) mass is 190 g/mol. The molecule has 0 radical (unpaired) electrons. The molecule has 0 aromatic carbocycles. The average Bonchev–Trinajstić information content (AvgIpc) is 2.46. The number of hydrogen-bond acceptors (Lipinski definition) is 2. The summed E-state index contributed by atoms with van der Waals surface area (Å²) in [5.74, 6) is -0.964. The number of rotatable bonds is 1. The van der Waals surface area contributed by atoms with Gasteiger partial charge in [0.1, 0.15) is 0 Å². The summed E-state index contributed by atoms with van der Waals surface area (Å²) in [7, 11) is 1.28. The van der Waals surface area contributed by atoms with E-state index in [-0.39, 0.29) is 29.8 Å². The molecule has 0 bridgehead atoms. The molecule has 0 saturated heterocycles. The van der Waals surface area contributed by atoms with Gasteiger partial charge in [-0.25, -0.2) is 0 Å². The summed E-state index contributed by atoms with van der Waals surface area (Å²) < 4.78 is 29.0. The highest BCUT2D eigenvalue weighted by molar-refractivity contribution is 5.73. The topological polar surface area (TPSA) is 26.3 Å². The molecule has 0 unspecified atom stereocenters. The first-order valence-corrected chi connectivity index (χ1v) is 4.18. The van der Waals surface area contributed by atoms with Crippen molar-refractivity contribution in [2.75, 3.05) is 7.11 Å². The standard InChI is InChI=1S/C9H12F2O2/c1-5-3-6(9(12)13-2)4-7(5)8(10)11/h5-6H,3-4H2,1-2H3/t5-,6+/m0/s1. The van der Waals surface area contributed by atoms with Crippen LogP contribution in [0.25, 0.3) is 0 Å². The van der Waals surface area contributed by atoms with Crippen molar-refractivity contribution in [1.29, 1.82) is 0 Å². The van der Waals surface area contributed by atoms with Crippen molar-refractivity contribution in [2.24, 2.45) is 11.8 Å². The Morgan fingerprint density at radius 1 is 1.54 bits per heavy atom. The van der Waals surface area contributed by atoms with E-state index in [0.29, 0.717) is 6.42 Å². The second kappa shape index (κ2) is 3.85. The lowest BCUT2D eigenvalue weighted by Gasteiger charge is -2.04. The quantitative estimate of drug-likeness (QED) is 0.593. The minimum absolute atomic E-state index is 0.107. The first-order chi connectivity index (χ1) is 6.06. The van der Waals surface area contributed by atoms with Crippen molar-refractivity contribution >= 4 is 5.97 Å². The zero-order valence-corrected chi connectivity index (χ0v) is 7.64. The van der Waals surface area contributed by atoms with Crippen LogP contribution in [0, 0.1) is 11.8 Å². The Balaban J connectivity index is 2.71. The molecule has 2 atom stereocenters. The molecule has 1 aliphatic carbocycles. The van der Waals surface area contributed by atoms with Crippen LogP contribution >= 0.6 is 0 Å². The van der Waals surface area contributed by atoms with Crippen molar-refractivity contribution in [2.45, 2.75) is 19.8 Å². The molecule has 1 saturated carbocycles. The summed E-state index contributed by atoms with van der Waals surface area (Å²) in [5.41, 5.74) is 0.107. The third-order valence-corrected chi connectivity index (χ3v) is 2.48. The first-order valence-electron chi connectivity index (χ1n) is 4.18. The second-order valence-corrected chi connectivity index (χ2v) is 3.35. The molecule has 0 aromatic heterocycles. The van der Waals surface area contributed by atoms with Gasteiger partial charge in [-0.3, -0.25) is 4.79 Å². The Hall–Kier alpha value is -0.930. The van der Waals surface area contributed by atoms with E-state index in [1.54, 1.807) is 6.92 Å². The molecular weight excluding hydrogens is 178 g/mol. The summed E-state index contributed by atoms with van der Waals surface area (Å²) in [6.07, 6.45) is -1.02. The van der Waals surface area contributed by atoms with Gasteiger partial charge in [0, 0.05) is 0 Å². The van der Waals surface area contributed by atoms with Gasteiger partial charge in [-0.05, 0) is 24.3 Å². The number of methoxy groups -OCH3 is 1. The van der Waals surface area contributed by atoms with Crippen LogP contribution in [0.4, 0.5) is 8.78 Å². The minimum atomic E-state index is -1.64. The Bertz CT molecular complexity index is 244. The molecule has 0 N–H and O–H groups in total. The number of ether oxygens (including phenoxy) is 1. The van der Waals surface area contributed by atoms with Crippen molar-refractivity contribution in [1.82, 2.24) is 0 Å². The predicted octanol–water partition coefficient (Wildman–Crippen LogP) is 2.36. The molecule has 1 aliphatic rings. The van der Waals surface area contributed by atoms with E-state index >= 15 is 0 Å². The smallest absolute Gasteiger partial charge is 0.309 e. The third kappa shape index (κ3) is 2.05. The predicted molar refractivity (Wildman–Crippen MR) is 43.1 cm³/mol. The highest BCUT2D eigenvalue weighted by atomic mass is 19.3. The fourth-order valence-corrected chi connectivity index (χ4v) is 1.73. The van der Waals surface area contributed by atoms with E-state index in [4.69, 9.17) is 0 Å². The minimum Gasteiger partial charge on any atom is -0.469 e. The zero-order chi connectivity index (χ0) is 10.0.